The number of anilines is 1. The van der Waals surface area contributed by atoms with Gasteiger partial charge in [-0.25, -0.2) is 17.2 Å². The summed E-state index contributed by atoms with van der Waals surface area (Å²) in [4.78, 5) is 0. The number of benzene rings is 1. The van der Waals surface area contributed by atoms with Crippen molar-refractivity contribution in [1.82, 2.24) is 0 Å². The first-order chi connectivity index (χ1) is 7.29. The van der Waals surface area contributed by atoms with Crippen molar-refractivity contribution >= 4 is 15.5 Å². The maximum Gasteiger partial charge on any atom is 0.149 e. The van der Waals surface area contributed by atoms with Crippen molar-refractivity contribution in [2.75, 3.05) is 23.9 Å². The number of rotatable bonds is 4. The number of hydrogen-bond acceptors (Lipinski definition) is 3. The zero-order valence-electron chi connectivity index (χ0n) is 9.05. The number of nitrogens with one attached hydrogen (secondary N) is 1. The summed E-state index contributed by atoms with van der Waals surface area (Å²) in [6.45, 7) is 1.51. The fourth-order valence-corrected chi connectivity index (χ4v) is 1.63. The van der Waals surface area contributed by atoms with Gasteiger partial charge in [-0.2, -0.15) is 0 Å². The first kappa shape index (κ1) is 12.9. The van der Waals surface area contributed by atoms with E-state index in [2.05, 4.69) is 5.32 Å². The second-order valence-electron chi connectivity index (χ2n) is 3.64. The minimum absolute atomic E-state index is 0.0215. The molecule has 1 aromatic carbocycles. The molecule has 0 saturated heterocycles. The van der Waals surface area contributed by atoms with Crippen molar-refractivity contribution in [3.8, 4) is 0 Å². The van der Waals surface area contributed by atoms with E-state index in [4.69, 9.17) is 0 Å². The van der Waals surface area contributed by atoms with Crippen LogP contribution in [-0.2, 0) is 9.84 Å². The highest BCUT2D eigenvalue weighted by molar-refractivity contribution is 7.90. The minimum Gasteiger partial charge on any atom is -0.382 e. The largest absolute Gasteiger partial charge is 0.382 e. The zero-order valence-corrected chi connectivity index (χ0v) is 9.87. The van der Waals surface area contributed by atoms with Crippen molar-refractivity contribution in [3.63, 3.8) is 0 Å². The highest BCUT2D eigenvalue weighted by atomic mass is 32.2. The van der Waals surface area contributed by atoms with Crippen LogP contribution in [0.2, 0.25) is 0 Å². The van der Waals surface area contributed by atoms with Crippen LogP contribution in [0.5, 0.6) is 0 Å². The van der Waals surface area contributed by atoms with Crippen LogP contribution in [0.25, 0.3) is 0 Å². The molecule has 0 aliphatic carbocycles. The van der Waals surface area contributed by atoms with Crippen LogP contribution < -0.4 is 5.32 Å². The van der Waals surface area contributed by atoms with E-state index in [1.807, 2.05) is 0 Å². The van der Waals surface area contributed by atoms with Gasteiger partial charge in [0.25, 0.3) is 0 Å². The van der Waals surface area contributed by atoms with Crippen LogP contribution in [0.15, 0.2) is 12.1 Å². The Morgan fingerprint density at radius 3 is 2.44 bits per heavy atom. The predicted molar refractivity (Wildman–Crippen MR) is 59.3 cm³/mol. The van der Waals surface area contributed by atoms with Crippen LogP contribution in [0.4, 0.5) is 14.5 Å². The molecule has 1 rings (SSSR count). The van der Waals surface area contributed by atoms with Gasteiger partial charge in [0, 0.05) is 18.9 Å². The molecule has 0 atom stereocenters. The van der Waals surface area contributed by atoms with Gasteiger partial charge in [0.1, 0.15) is 21.5 Å². The van der Waals surface area contributed by atoms with Crippen LogP contribution >= 0.6 is 0 Å². The molecule has 0 bridgehead atoms. The van der Waals surface area contributed by atoms with Crippen molar-refractivity contribution in [2.24, 2.45) is 0 Å². The Hall–Kier alpha value is -1.17. The van der Waals surface area contributed by atoms with Crippen LogP contribution in [0.3, 0.4) is 0 Å². The zero-order chi connectivity index (χ0) is 12.3. The average Bonchev–Trinajstić information content (AvgIpc) is 2.11. The molecule has 0 radical (unpaired) electrons. The van der Waals surface area contributed by atoms with E-state index in [1.165, 1.54) is 6.92 Å². The molecule has 90 valence electrons. The molecule has 0 spiro atoms. The predicted octanol–water partition coefficient (Wildman–Crippen LogP) is 1.73. The van der Waals surface area contributed by atoms with Crippen molar-refractivity contribution in [2.45, 2.75) is 6.92 Å². The molecule has 0 saturated carbocycles. The van der Waals surface area contributed by atoms with E-state index in [9.17, 15) is 17.2 Å². The number of sulfone groups is 1. The van der Waals surface area contributed by atoms with Crippen molar-refractivity contribution < 1.29 is 17.2 Å². The Morgan fingerprint density at radius 1 is 1.25 bits per heavy atom. The van der Waals surface area contributed by atoms with Crippen molar-refractivity contribution in [3.05, 3.63) is 29.3 Å². The van der Waals surface area contributed by atoms with E-state index in [0.29, 0.717) is 0 Å². The second-order valence-corrected chi connectivity index (χ2v) is 5.90. The number of hydrogen-bond donors (Lipinski definition) is 1. The van der Waals surface area contributed by atoms with Gasteiger partial charge in [-0.05, 0) is 18.6 Å². The van der Waals surface area contributed by atoms with E-state index in [1.54, 1.807) is 0 Å². The lowest BCUT2D eigenvalue weighted by molar-refractivity contribution is 0.594. The highest BCUT2D eigenvalue weighted by Crippen LogP contribution is 2.18. The monoisotopic (exact) mass is 249 g/mol. The fourth-order valence-electron chi connectivity index (χ4n) is 1.15. The lowest BCUT2D eigenvalue weighted by Crippen LogP contribution is -2.15. The maximum atomic E-state index is 13.3. The van der Waals surface area contributed by atoms with Gasteiger partial charge in [0.2, 0.25) is 0 Å². The van der Waals surface area contributed by atoms with Crippen LogP contribution in [-0.4, -0.2) is 27.0 Å². The molecule has 0 heterocycles. The topological polar surface area (TPSA) is 46.2 Å². The molecule has 0 amide bonds. The summed E-state index contributed by atoms with van der Waals surface area (Å²) in [5.74, 6) is -1.24. The third kappa shape index (κ3) is 3.77. The average molecular weight is 249 g/mol. The summed E-state index contributed by atoms with van der Waals surface area (Å²) < 4.78 is 48.0. The highest BCUT2D eigenvalue weighted by Gasteiger charge is 2.08. The molecule has 1 aromatic rings. The Bertz CT molecular complexity index is 486. The van der Waals surface area contributed by atoms with Crippen LogP contribution in [0, 0.1) is 18.6 Å². The lowest BCUT2D eigenvalue weighted by atomic mass is 10.2. The lowest BCUT2D eigenvalue weighted by Gasteiger charge is -2.08. The molecular weight excluding hydrogens is 236 g/mol. The molecule has 0 fully saturated rings. The van der Waals surface area contributed by atoms with E-state index in [0.717, 1.165) is 18.4 Å². The summed E-state index contributed by atoms with van der Waals surface area (Å²) in [6.07, 6.45) is 1.08. The standard InChI is InChI=1S/C10H13F2NO2S/c1-7-5-9(12)10(6-8(7)11)13-3-4-16(2,14)15/h5-6,13H,3-4H2,1-2H3. The molecule has 0 unspecified atom stereocenters. The van der Waals surface area contributed by atoms with Gasteiger partial charge in [-0.15, -0.1) is 0 Å². The Morgan fingerprint density at radius 2 is 1.88 bits per heavy atom. The second kappa shape index (κ2) is 4.78. The molecule has 16 heavy (non-hydrogen) atoms. The third-order valence-corrected chi connectivity index (χ3v) is 2.98. The Balaban J connectivity index is 2.71. The number of aryl methyl sites for hydroxylation is 1. The first-order valence-corrected chi connectivity index (χ1v) is 6.73. The van der Waals surface area contributed by atoms with Gasteiger partial charge in [-0.1, -0.05) is 0 Å². The minimum atomic E-state index is -3.10. The summed E-state index contributed by atoms with van der Waals surface area (Å²) in [5, 5.41) is 2.54. The van der Waals surface area contributed by atoms with E-state index >= 15 is 0 Å². The third-order valence-electron chi connectivity index (χ3n) is 2.04. The number of halogens is 2. The molecule has 1 N–H and O–H groups in total. The van der Waals surface area contributed by atoms with Gasteiger partial charge < -0.3 is 5.32 Å². The smallest absolute Gasteiger partial charge is 0.149 e. The molecular formula is C10H13F2NO2S. The molecule has 0 aliphatic heterocycles. The molecule has 6 heteroatoms. The van der Waals surface area contributed by atoms with Gasteiger partial charge in [0.15, 0.2) is 0 Å². The summed E-state index contributed by atoms with van der Waals surface area (Å²) >= 11 is 0. The SMILES string of the molecule is Cc1cc(F)c(NCCS(C)(=O)=O)cc1F. The molecule has 0 aromatic heterocycles. The quantitative estimate of drug-likeness (QED) is 0.884. The Kier molecular flexibility index (Phi) is 3.85. The van der Waals surface area contributed by atoms with Gasteiger partial charge >= 0.3 is 0 Å². The fraction of sp³-hybridized carbons (Fsp3) is 0.400. The summed E-state index contributed by atoms with van der Waals surface area (Å²) in [6, 6.07) is 2.09. The van der Waals surface area contributed by atoms with Gasteiger partial charge in [0.05, 0.1) is 11.4 Å². The first-order valence-electron chi connectivity index (χ1n) is 4.67. The van der Waals surface area contributed by atoms with E-state index in [-0.39, 0.29) is 23.5 Å². The molecule has 0 aliphatic rings. The summed E-state index contributed by atoms with van der Waals surface area (Å²) in [5.41, 5.74) is 0.193. The maximum absolute atomic E-state index is 13.3. The van der Waals surface area contributed by atoms with E-state index < -0.39 is 21.5 Å². The summed E-state index contributed by atoms with van der Waals surface area (Å²) in [7, 11) is -3.10. The van der Waals surface area contributed by atoms with Gasteiger partial charge in [-0.3, -0.25) is 0 Å². The van der Waals surface area contributed by atoms with Crippen LogP contribution in [0.1, 0.15) is 5.56 Å². The Labute approximate surface area is 93.4 Å². The molecule has 3 nitrogen and oxygen atoms in total. The van der Waals surface area contributed by atoms with Crippen molar-refractivity contribution in [1.29, 1.82) is 0 Å². The normalized spacial score (nSPS) is 11.5.